The Hall–Kier alpha value is -2.72. The maximum absolute atomic E-state index is 14.5. The zero-order chi connectivity index (χ0) is 25.8. The molecule has 2 saturated heterocycles. The largest absolute Gasteiger partial charge is 0.447 e. The van der Waals surface area contributed by atoms with Crippen molar-refractivity contribution in [2.45, 2.75) is 43.3 Å². The quantitative estimate of drug-likeness (QED) is 0.445. The third kappa shape index (κ3) is 5.20. The number of hydrogen-bond acceptors (Lipinski definition) is 6. The maximum Gasteiger partial charge on any atom is 0.432 e. The molecule has 0 bridgehead atoms. The summed E-state index contributed by atoms with van der Waals surface area (Å²) in [5.74, 6) is -0.529. The molecule has 4 atom stereocenters. The Morgan fingerprint density at radius 1 is 1.14 bits per heavy atom. The number of ether oxygens (including phenoxy) is 3. The standard InChI is InChI=1S/C26H28F3NO5S/c1-33-25(26(27,28)29,20-12-6-3-7-13-20)23(31)35-22(19-11-8-14-36-17-19)30-21(16-34-24(30)32)15-18-9-4-2-5-10-18/h2-7,9-10,12-13,19,21-22H,8,11,14-17H2,1H3/t19-,21-,22?,25?/m0/s1. The van der Waals surface area contributed by atoms with Crippen LogP contribution in [0.3, 0.4) is 0 Å². The van der Waals surface area contributed by atoms with Gasteiger partial charge in [-0.25, -0.2) is 9.59 Å². The summed E-state index contributed by atoms with van der Waals surface area (Å²) in [6, 6.07) is 15.6. The third-order valence-corrected chi connectivity index (χ3v) is 7.83. The lowest BCUT2D eigenvalue weighted by Crippen LogP contribution is -2.56. The van der Waals surface area contributed by atoms with E-state index < -0.39 is 41.7 Å². The van der Waals surface area contributed by atoms with Crippen LogP contribution in [0, 0.1) is 5.92 Å². The highest BCUT2D eigenvalue weighted by molar-refractivity contribution is 7.99. The number of carbonyl (C=O) groups excluding carboxylic acids is 2. The van der Waals surface area contributed by atoms with E-state index in [1.807, 2.05) is 30.3 Å². The Morgan fingerprint density at radius 2 is 1.81 bits per heavy atom. The molecule has 2 unspecified atom stereocenters. The average molecular weight is 524 g/mol. The maximum atomic E-state index is 14.5. The van der Waals surface area contributed by atoms with Crippen molar-refractivity contribution < 1.29 is 37.0 Å². The fourth-order valence-corrected chi connectivity index (χ4v) is 5.95. The van der Waals surface area contributed by atoms with E-state index in [1.54, 1.807) is 17.8 Å². The number of methoxy groups -OCH3 is 1. The molecule has 0 aliphatic carbocycles. The zero-order valence-electron chi connectivity index (χ0n) is 19.8. The molecule has 2 heterocycles. The normalized spacial score (nSPS) is 23.0. The molecule has 10 heteroatoms. The van der Waals surface area contributed by atoms with Crippen molar-refractivity contribution in [3.05, 3.63) is 71.8 Å². The van der Waals surface area contributed by atoms with Crippen LogP contribution in [0.5, 0.6) is 0 Å². The van der Waals surface area contributed by atoms with Crippen LogP contribution in [0.2, 0.25) is 0 Å². The van der Waals surface area contributed by atoms with E-state index in [1.165, 1.54) is 29.2 Å². The Bertz CT molecular complexity index is 1030. The molecule has 194 valence electrons. The second kappa shape index (κ2) is 11.1. The molecule has 0 N–H and O–H groups in total. The highest BCUT2D eigenvalue weighted by Crippen LogP contribution is 2.44. The SMILES string of the molecule is COC(C(=O)OC([C@H]1CCCSC1)N1C(=O)OC[C@@H]1Cc1ccccc1)(c1ccccc1)C(F)(F)F. The molecule has 2 aromatic carbocycles. The first kappa shape index (κ1) is 26.3. The van der Waals surface area contributed by atoms with Crippen LogP contribution >= 0.6 is 11.8 Å². The summed E-state index contributed by atoms with van der Waals surface area (Å²) in [6.07, 6.45) is -5.24. The van der Waals surface area contributed by atoms with Gasteiger partial charge in [-0.2, -0.15) is 24.9 Å². The smallest absolute Gasteiger partial charge is 0.432 e. The van der Waals surface area contributed by atoms with Gasteiger partial charge in [-0.05, 0) is 30.6 Å². The van der Waals surface area contributed by atoms with Gasteiger partial charge < -0.3 is 14.2 Å². The molecule has 4 rings (SSSR count). The second-order valence-electron chi connectivity index (χ2n) is 8.85. The Kier molecular flexibility index (Phi) is 8.14. The van der Waals surface area contributed by atoms with Gasteiger partial charge in [-0.15, -0.1) is 0 Å². The first-order chi connectivity index (χ1) is 17.3. The summed E-state index contributed by atoms with van der Waals surface area (Å²) in [5.41, 5.74) is -2.81. The summed E-state index contributed by atoms with van der Waals surface area (Å²) in [6.45, 7) is 0.0506. The number of benzene rings is 2. The lowest BCUT2D eigenvalue weighted by molar-refractivity contribution is -0.281. The minimum Gasteiger partial charge on any atom is -0.447 e. The highest BCUT2D eigenvalue weighted by Gasteiger charge is 2.65. The zero-order valence-corrected chi connectivity index (χ0v) is 20.6. The van der Waals surface area contributed by atoms with Crippen molar-refractivity contribution in [2.75, 3.05) is 25.2 Å². The van der Waals surface area contributed by atoms with Crippen molar-refractivity contribution in [3.63, 3.8) is 0 Å². The molecule has 2 aliphatic heterocycles. The van der Waals surface area contributed by atoms with E-state index in [2.05, 4.69) is 0 Å². The summed E-state index contributed by atoms with van der Waals surface area (Å²) in [5, 5.41) is 0. The van der Waals surface area contributed by atoms with E-state index in [9.17, 15) is 22.8 Å². The molecular weight excluding hydrogens is 495 g/mol. The van der Waals surface area contributed by atoms with Gasteiger partial charge in [0.25, 0.3) is 5.60 Å². The lowest BCUT2D eigenvalue weighted by atomic mass is 9.92. The Morgan fingerprint density at radius 3 is 2.39 bits per heavy atom. The summed E-state index contributed by atoms with van der Waals surface area (Å²) in [4.78, 5) is 27.7. The molecule has 0 saturated carbocycles. The van der Waals surface area contributed by atoms with Crippen LogP contribution in [0.1, 0.15) is 24.0 Å². The first-order valence-electron chi connectivity index (χ1n) is 11.7. The van der Waals surface area contributed by atoms with Gasteiger partial charge in [0.2, 0.25) is 0 Å². The average Bonchev–Trinajstić information content (AvgIpc) is 3.23. The van der Waals surface area contributed by atoms with Gasteiger partial charge in [-0.3, -0.25) is 4.90 Å². The van der Waals surface area contributed by atoms with Crippen molar-refractivity contribution in [1.29, 1.82) is 0 Å². The van der Waals surface area contributed by atoms with Gasteiger partial charge >= 0.3 is 18.2 Å². The Balaban J connectivity index is 1.70. The minimum atomic E-state index is -5.11. The molecule has 6 nitrogen and oxygen atoms in total. The molecule has 1 amide bonds. The summed E-state index contributed by atoms with van der Waals surface area (Å²) in [7, 11) is 0.829. The Labute approximate surface area is 212 Å². The van der Waals surface area contributed by atoms with Crippen LogP contribution in [0.4, 0.5) is 18.0 Å². The number of carbonyl (C=O) groups is 2. The van der Waals surface area contributed by atoms with Gasteiger partial charge in [-0.1, -0.05) is 60.7 Å². The van der Waals surface area contributed by atoms with E-state index >= 15 is 0 Å². The van der Waals surface area contributed by atoms with Crippen molar-refractivity contribution in [1.82, 2.24) is 4.90 Å². The third-order valence-electron chi connectivity index (χ3n) is 6.59. The topological polar surface area (TPSA) is 65.1 Å². The monoisotopic (exact) mass is 523 g/mol. The fourth-order valence-electron chi connectivity index (χ4n) is 4.78. The highest BCUT2D eigenvalue weighted by atomic mass is 32.2. The van der Waals surface area contributed by atoms with E-state index in [-0.39, 0.29) is 12.5 Å². The van der Waals surface area contributed by atoms with Gasteiger partial charge in [0.1, 0.15) is 6.61 Å². The number of amides is 1. The molecule has 0 radical (unpaired) electrons. The van der Waals surface area contributed by atoms with Crippen molar-refractivity contribution in [3.8, 4) is 0 Å². The summed E-state index contributed by atoms with van der Waals surface area (Å²) >= 11 is 1.62. The van der Waals surface area contributed by atoms with Crippen LogP contribution in [-0.4, -0.2) is 60.6 Å². The summed E-state index contributed by atoms with van der Waals surface area (Å²) < 4.78 is 59.4. The molecule has 0 aromatic heterocycles. The number of esters is 1. The number of cyclic esters (lactones) is 1. The van der Waals surface area contributed by atoms with E-state index in [0.29, 0.717) is 18.6 Å². The number of halogens is 3. The van der Waals surface area contributed by atoms with Crippen LogP contribution < -0.4 is 0 Å². The molecule has 0 spiro atoms. The van der Waals surface area contributed by atoms with Crippen molar-refractivity contribution in [2.24, 2.45) is 5.92 Å². The number of rotatable bonds is 8. The second-order valence-corrected chi connectivity index (χ2v) is 10.00. The van der Waals surface area contributed by atoms with E-state index in [0.717, 1.165) is 24.8 Å². The van der Waals surface area contributed by atoms with Crippen LogP contribution in [0.25, 0.3) is 0 Å². The van der Waals surface area contributed by atoms with Gasteiger partial charge in [0, 0.05) is 24.3 Å². The molecule has 2 aliphatic rings. The number of hydrogen-bond donors (Lipinski definition) is 0. The number of nitrogens with zero attached hydrogens (tertiary/aromatic N) is 1. The molecule has 2 aromatic rings. The fraction of sp³-hybridized carbons (Fsp3) is 0.462. The van der Waals surface area contributed by atoms with Gasteiger partial charge in [0.05, 0.1) is 6.04 Å². The van der Waals surface area contributed by atoms with Crippen LogP contribution in [0.15, 0.2) is 60.7 Å². The van der Waals surface area contributed by atoms with Crippen molar-refractivity contribution >= 4 is 23.8 Å². The predicted octanol–water partition coefficient (Wildman–Crippen LogP) is 5.17. The first-order valence-corrected chi connectivity index (χ1v) is 12.9. The number of thioether (sulfide) groups is 1. The molecule has 36 heavy (non-hydrogen) atoms. The molecule has 2 fully saturated rings. The molecular formula is C26H28F3NO5S. The van der Waals surface area contributed by atoms with Crippen LogP contribution in [-0.2, 0) is 31.0 Å². The minimum absolute atomic E-state index is 0.0506. The lowest BCUT2D eigenvalue weighted by Gasteiger charge is -2.40. The number of alkyl halides is 3. The van der Waals surface area contributed by atoms with Gasteiger partial charge in [0.15, 0.2) is 6.23 Å². The van der Waals surface area contributed by atoms with E-state index in [4.69, 9.17) is 14.2 Å². The predicted molar refractivity (Wildman–Crippen MR) is 128 cm³/mol.